The average molecular weight is 476 g/mol. The van der Waals surface area contributed by atoms with Crippen molar-refractivity contribution >= 4 is 17.7 Å². The van der Waals surface area contributed by atoms with Crippen LogP contribution in [-0.2, 0) is 16.1 Å². The lowest BCUT2D eigenvalue weighted by Crippen LogP contribution is -2.57. The lowest BCUT2D eigenvalue weighted by Gasteiger charge is -2.48. The number of piperidine rings is 1. The van der Waals surface area contributed by atoms with Crippen LogP contribution in [-0.4, -0.2) is 68.8 Å². The lowest BCUT2D eigenvalue weighted by atomic mass is 9.86. The van der Waals surface area contributed by atoms with Crippen molar-refractivity contribution in [1.82, 2.24) is 25.1 Å². The molecule has 4 aliphatic rings. The van der Waals surface area contributed by atoms with Crippen LogP contribution < -0.4 is 10.1 Å². The standard InChI is InChI=1S/C26H29N5O4/c32-24-8-7-22(25(33)29-24)31-15-16-11-18(5-6-19(16)26(31)34)35-23-4-2-1-3-21(23)30-13-17(14-30)20-12-27-9-10-28-20/h5-6,9-12,17,21-23H,1-4,7-8,13-15H2,(H,29,32,33)/t21-,22?,23+/m1/s1. The van der Waals surface area contributed by atoms with Gasteiger partial charge in [0, 0.05) is 62.2 Å². The zero-order valence-electron chi connectivity index (χ0n) is 19.6. The van der Waals surface area contributed by atoms with Gasteiger partial charge in [0.1, 0.15) is 17.9 Å². The largest absolute Gasteiger partial charge is 0.489 e. The number of carbonyl (C=O) groups excluding carboxylic acids is 3. The Labute approximate surface area is 203 Å². The van der Waals surface area contributed by atoms with E-state index in [-0.39, 0.29) is 24.3 Å². The number of hydrogen-bond acceptors (Lipinski definition) is 7. The van der Waals surface area contributed by atoms with E-state index in [2.05, 4.69) is 20.2 Å². The topological polar surface area (TPSA) is 105 Å². The Morgan fingerprint density at radius 3 is 2.69 bits per heavy atom. The van der Waals surface area contributed by atoms with Crippen molar-refractivity contribution in [2.75, 3.05) is 13.1 Å². The molecule has 3 fully saturated rings. The maximum atomic E-state index is 13.0. The molecule has 1 unspecified atom stereocenters. The number of benzene rings is 1. The van der Waals surface area contributed by atoms with Crippen LogP contribution in [0.5, 0.6) is 5.75 Å². The van der Waals surface area contributed by atoms with Gasteiger partial charge in [-0.15, -0.1) is 0 Å². The van der Waals surface area contributed by atoms with Gasteiger partial charge in [-0.25, -0.2) is 0 Å². The first-order chi connectivity index (χ1) is 17.1. The normalized spacial score (nSPS) is 27.4. The summed E-state index contributed by atoms with van der Waals surface area (Å²) in [5.41, 5.74) is 2.54. The number of rotatable bonds is 5. The Morgan fingerprint density at radius 2 is 1.89 bits per heavy atom. The second-order valence-electron chi connectivity index (χ2n) is 10.0. The summed E-state index contributed by atoms with van der Waals surface area (Å²) < 4.78 is 6.52. The van der Waals surface area contributed by atoms with Crippen molar-refractivity contribution in [3.05, 3.63) is 53.6 Å². The van der Waals surface area contributed by atoms with Crippen LogP contribution in [0.1, 0.15) is 66.1 Å². The quantitative estimate of drug-likeness (QED) is 0.660. The molecule has 3 atom stereocenters. The third kappa shape index (κ3) is 4.18. The van der Waals surface area contributed by atoms with E-state index >= 15 is 0 Å². The van der Waals surface area contributed by atoms with E-state index in [0.717, 1.165) is 49.4 Å². The first kappa shape index (κ1) is 22.2. The highest BCUT2D eigenvalue weighted by Crippen LogP contribution is 2.36. The minimum Gasteiger partial charge on any atom is -0.489 e. The second-order valence-corrected chi connectivity index (χ2v) is 10.0. The number of likely N-dealkylation sites (tertiary alicyclic amines) is 1. The minimum absolute atomic E-state index is 0.105. The van der Waals surface area contributed by atoms with Gasteiger partial charge in [0.2, 0.25) is 11.8 Å². The molecule has 1 aromatic carbocycles. The number of ether oxygens (including phenoxy) is 1. The number of hydrogen-bond donors (Lipinski definition) is 1. The second kappa shape index (κ2) is 9.03. The summed E-state index contributed by atoms with van der Waals surface area (Å²) in [4.78, 5) is 49.5. The fraction of sp³-hybridized carbons (Fsp3) is 0.500. The SMILES string of the molecule is O=C1CCC(N2Cc3cc(O[C@H]4CCCC[C@H]4N4CC(c5cnccn5)C4)ccc3C2=O)C(=O)N1. The van der Waals surface area contributed by atoms with Gasteiger partial charge in [0.05, 0.1) is 5.69 Å². The third-order valence-corrected chi connectivity index (χ3v) is 7.83. The molecule has 0 bridgehead atoms. The smallest absolute Gasteiger partial charge is 0.255 e. The Morgan fingerprint density at radius 1 is 1.03 bits per heavy atom. The molecular weight excluding hydrogens is 446 g/mol. The zero-order chi connectivity index (χ0) is 23.9. The zero-order valence-corrected chi connectivity index (χ0v) is 19.6. The number of nitrogens with one attached hydrogen (secondary N) is 1. The van der Waals surface area contributed by atoms with E-state index in [9.17, 15) is 14.4 Å². The molecule has 0 radical (unpaired) electrons. The number of nitrogens with zero attached hydrogens (tertiary/aromatic N) is 4. The van der Waals surface area contributed by atoms with Gasteiger partial charge in [-0.3, -0.25) is 34.6 Å². The van der Waals surface area contributed by atoms with Gasteiger partial charge in [-0.1, -0.05) is 6.42 Å². The molecule has 1 aromatic heterocycles. The molecule has 9 nitrogen and oxygen atoms in total. The van der Waals surface area contributed by atoms with Crippen molar-refractivity contribution < 1.29 is 19.1 Å². The third-order valence-electron chi connectivity index (χ3n) is 7.83. The molecule has 2 saturated heterocycles. The molecule has 3 aliphatic heterocycles. The average Bonchev–Trinajstić information content (AvgIpc) is 3.15. The van der Waals surface area contributed by atoms with E-state index in [4.69, 9.17) is 4.74 Å². The molecule has 9 heteroatoms. The summed E-state index contributed by atoms with van der Waals surface area (Å²) in [6.07, 6.45) is 10.5. The Bertz CT molecular complexity index is 1150. The van der Waals surface area contributed by atoms with Crippen LogP contribution in [0.4, 0.5) is 0 Å². The molecule has 3 amide bonds. The number of imide groups is 1. The first-order valence-corrected chi connectivity index (χ1v) is 12.5. The van der Waals surface area contributed by atoms with Gasteiger partial charge in [-0.2, -0.15) is 0 Å². The van der Waals surface area contributed by atoms with Gasteiger partial charge < -0.3 is 9.64 Å². The fourth-order valence-electron chi connectivity index (χ4n) is 5.92. The molecule has 1 saturated carbocycles. The Kier molecular flexibility index (Phi) is 5.72. The van der Waals surface area contributed by atoms with Crippen LogP contribution in [0.2, 0.25) is 0 Å². The van der Waals surface area contributed by atoms with Crippen LogP contribution in [0, 0.1) is 0 Å². The summed E-state index contributed by atoms with van der Waals surface area (Å²) in [6, 6.07) is 5.39. The highest BCUT2D eigenvalue weighted by atomic mass is 16.5. The van der Waals surface area contributed by atoms with Crippen molar-refractivity contribution in [1.29, 1.82) is 0 Å². The predicted octanol–water partition coefficient (Wildman–Crippen LogP) is 2.03. The van der Waals surface area contributed by atoms with E-state index in [1.165, 1.54) is 6.42 Å². The lowest BCUT2D eigenvalue weighted by molar-refractivity contribution is -0.136. The Hall–Kier alpha value is -3.33. The van der Waals surface area contributed by atoms with Gasteiger partial charge >= 0.3 is 0 Å². The van der Waals surface area contributed by atoms with Gasteiger partial charge in [-0.05, 0) is 49.4 Å². The number of aromatic nitrogens is 2. The Balaban J connectivity index is 1.12. The molecule has 1 N–H and O–H groups in total. The maximum Gasteiger partial charge on any atom is 0.255 e. The monoisotopic (exact) mass is 475 g/mol. The van der Waals surface area contributed by atoms with Crippen molar-refractivity contribution in [3.63, 3.8) is 0 Å². The van der Waals surface area contributed by atoms with E-state index < -0.39 is 11.9 Å². The summed E-state index contributed by atoms with van der Waals surface area (Å²) in [7, 11) is 0. The summed E-state index contributed by atoms with van der Waals surface area (Å²) in [5, 5.41) is 2.35. The molecule has 0 spiro atoms. The van der Waals surface area contributed by atoms with Crippen LogP contribution in [0.15, 0.2) is 36.8 Å². The van der Waals surface area contributed by atoms with Crippen molar-refractivity contribution in [2.24, 2.45) is 0 Å². The van der Waals surface area contributed by atoms with Crippen molar-refractivity contribution in [2.45, 2.75) is 69.2 Å². The number of amides is 3. The molecule has 4 heterocycles. The molecular formula is C26H29N5O4. The summed E-state index contributed by atoms with van der Waals surface area (Å²) in [6.45, 7) is 2.31. The number of fused-ring (bicyclic) bond motifs is 1. The molecule has 2 aromatic rings. The predicted molar refractivity (Wildman–Crippen MR) is 126 cm³/mol. The van der Waals surface area contributed by atoms with Crippen molar-refractivity contribution in [3.8, 4) is 5.75 Å². The van der Waals surface area contributed by atoms with E-state index in [0.29, 0.717) is 30.5 Å². The summed E-state index contributed by atoms with van der Waals surface area (Å²) in [5.74, 6) is 0.365. The first-order valence-electron chi connectivity index (χ1n) is 12.5. The molecule has 1 aliphatic carbocycles. The molecule has 6 rings (SSSR count). The minimum atomic E-state index is -0.603. The van der Waals surface area contributed by atoms with Crippen LogP contribution >= 0.6 is 0 Å². The van der Waals surface area contributed by atoms with E-state index in [1.807, 2.05) is 24.4 Å². The molecule has 182 valence electrons. The maximum absolute atomic E-state index is 13.0. The molecule has 35 heavy (non-hydrogen) atoms. The van der Waals surface area contributed by atoms with Gasteiger partial charge in [0.25, 0.3) is 5.91 Å². The van der Waals surface area contributed by atoms with Crippen LogP contribution in [0.25, 0.3) is 0 Å². The highest BCUT2D eigenvalue weighted by molar-refractivity contribution is 6.05. The van der Waals surface area contributed by atoms with Crippen LogP contribution in [0.3, 0.4) is 0 Å². The highest BCUT2D eigenvalue weighted by Gasteiger charge is 2.41. The fourth-order valence-corrected chi connectivity index (χ4v) is 5.92. The summed E-state index contributed by atoms with van der Waals surface area (Å²) >= 11 is 0. The van der Waals surface area contributed by atoms with E-state index in [1.54, 1.807) is 17.3 Å². The van der Waals surface area contributed by atoms with Gasteiger partial charge in [0.15, 0.2) is 0 Å². The number of carbonyl (C=O) groups is 3.